The van der Waals surface area contributed by atoms with Crippen LogP contribution in [0, 0.1) is 11.6 Å². The molecule has 0 aromatic heterocycles. The van der Waals surface area contributed by atoms with Crippen LogP contribution in [-0.4, -0.2) is 18.6 Å². The number of nitrogens with two attached hydrogens (primary N) is 1. The lowest BCUT2D eigenvalue weighted by atomic mass is 10.2. The monoisotopic (exact) mass is 398 g/mol. The minimum atomic E-state index is -0.856. The minimum absolute atomic E-state index is 0.0228. The number of hydrogen-bond acceptors (Lipinski definition) is 4. The summed E-state index contributed by atoms with van der Waals surface area (Å²) in [7, 11) is 0. The maximum absolute atomic E-state index is 12.9. The van der Waals surface area contributed by atoms with Crippen LogP contribution in [0.2, 0.25) is 0 Å². The van der Waals surface area contributed by atoms with Crippen molar-refractivity contribution in [3.8, 4) is 11.5 Å². The van der Waals surface area contributed by atoms with E-state index in [0.29, 0.717) is 17.2 Å². The molecular weight excluding hydrogens is 378 g/mol. The van der Waals surface area contributed by atoms with Crippen LogP contribution in [0.5, 0.6) is 11.5 Å². The van der Waals surface area contributed by atoms with Crippen molar-refractivity contribution >= 4 is 11.6 Å². The van der Waals surface area contributed by atoms with Gasteiger partial charge in [-0.3, -0.25) is 4.79 Å². The van der Waals surface area contributed by atoms with Gasteiger partial charge in [0.25, 0.3) is 0 Å². The van der Waals surface area contributed by atoms with E-state index in [2.05, 4.69) is 5.32 Å². The second-order valence-electron chi connectivity index (χ2n) is 6.32. The summed E-state index contributed by atoms with van der Waals surface area (Å²) in [6, 6.07) is 17.4. The number of carbonyl (C=O) groups excluding carboxylic acids is 1. The Kier molecular flexibility index (Phi) is 6.89. The average Bonchev–Trinajstić information content (AvgIpc) is 2.72. The number of hydrogen-bond donors (Lipinski definition) is 2. The van der Waals surface area contributed by atoms with Gasteiger partial charge in [0.05, 0.1) is 13.2 Å². The summed E-state index contributed by atoms with van der Waals surface area (Å²) in [5, 5.41) is 2.70. The first-order valence-electron chi connectivity index (χ1n) is 8.92. The predicted octanol–water partition coefficient (Wildman–Crippen LogP) is 4.24. The molecule has 0 aliphatic rings. The van der Waals surface area contributed by atoms with Gasteiger partial charge in [0.2, 0.25) is 5.91 Å². The number of carbonyl (C=O) groups is 1. The van der Waals surface area contributed by atoms with Crippen LogP contribution in [0.25, 0.3) is 0 Å². The van der Waals surface area contributed by atoms with Gasteiger partial charge in [0.1, 0.15) is 29.2 Å². The number of rotatable bonds is 8. The Morgan fingerprint density at radius 2 is 1.38 bits per heavy atom. The van der Waals surface area contributed by atoms with Crippen LogP contribution in [0.3, 0.4) is 0 Å². The Balaban J connectivity index is 1.45. The fraction of sp³-hybridized carbons (Fsp3) is 0.136. The van der Waals surface area contributed by atoms with E-state index in [0.717, 1.165) is 5.56 Å². The van der Waals surface area contributed by atoms with Gasteiger partial charge >= 0.3 is 0 Å². The molecular formula is C22H20F2N2O3. The van der Waals surface area contributed by atoms with Crippen molar-refractivity contribution in [1.82, 2.24) is 0 Å². The summed E-state index contributed by atoms with van der Waals surface area (Å²) in [4.78, 5) is 12.2. The molecule has 0 radical (unpaired) electrons. The first-order valence-corrected chi connectivity index (χ1v) is 8.92. The molecule has 150 valence electrons. The van der Waals surface area contributed by atoms with Crippen molar-refractivity contribution in [2.75, 3.05) is 11.9 Å². The highest BCUT2D eigenvalue weighted by Gasteiger charge is 2.14. The van der Waals surface area contributed by atoms with Crippen LogP contribution in [-0.2, 0) is 16.1 Å². The molecule has 3 N–H and O–H groups in total. The molecule has 1 atom stereocenters. The van der Waals surface area contributed by atoms with Crippen molar-refractivity contribution in [2.24, 2.45) is 5.73 Å². The molecule has 0 heterocycles. The lowest BCUT2D eigenvalue weighted by Crippen LogP contribution is -2.39. The van der Waals surface area contributed by atoms with Crippen molar-refractivity contribution in [2.45, 2.75) is 12.6 Å². The highest BCUT2D eigenvalue weighted by Crippen LogP contribution is 2.23. The van der Waals surface area contributed by atoms with Gasteiger partial charge in [-0.1, -0.05) is 12.1 Å². The molecule has 29 heavy (non-hydrogen) atoms. The Hall–Kier alpha value is -3.29. The third-order valence-electron chi connectivity index (χ3n) is 3.99. The van der Waals surface area contributed by atoms with Gasteiger partial charge in [-0.2, -0.15) is 0 Å². The largest absolute Gasteiger partial charge is 0.457 e. The van der Waals surface area contributed by atoms with E-state index in [1.807, 2.05) is 0 Å². The predicted molar refractivity (Wildman–Crippen MR) is 106 cm³/mol. The molecule has 3 aromatic rings. The van der Waals surface area contributed by atoms with E-state index < -0.39 is 11.9 Å². The summed E-state index contributed by atoms with van der Waals surface area (Å²) in [6.45, 7) is 0.256. The highest BCUT2D eigenvalue weighted by molar-refractivity contribution is 5.94. The summed E-state index contributed by atoms with van der Waals surface area (Å²) in [6.07, 6.45) is 0. The fourth-order valence-corrected chi connectivity index (χ4v) is 2.44. The Bertz CT molecular complexity index is 930. The number of anilines is 1. The average molecular weight is 398 g/mol. The molecule has 3 rings (SSSR count). The molecule has 0 aliphatic carbocycles. The lowest BCUT2D eigenvalue weighted by molar-refractivity contribution is -0.118. The number of nitrogens with one attached hydrogen (secondary N) is 1. The molecule has 1 amide bonds. The van der Waals surface area contributed by atoms with Crippen LogP contribution < -0.4 is 15.8 Å². The van der Waals surface area contributed by atoms with Gasteiger partial charge in [0, 0.05) is 5.69 Å². The molecule has 7 heteroatoms. The van der Waals surface area contributed by atoms with Crippen LogP contribution in [0.1, 0.15) is 5.56 Å². The van der Waals surface area contributed by atoms with Crippen molar-refractivity contribution in [3.05, 3.63) is 90.0 Å². The minimum Gasteiger partial charge on any atom is -0.457 e. The summed E-state index contributed by atoms with van der Waals surface area (Å²) >= 11 is 0. The van der Waals surface area contributed by atoms with Crippen molar-refractivity contribution in [3.63, 3.8) is 0 Å². The van der Waals surface area contributed by atoms with E-state index >= 15 is 0 Å². The standard InChI is InChI=1S/C22H20F2N2O3/c23-16-3-1-15(2-4-16)13-28-14-21(25)22(27)26-18-7-11-20(12-8-18)29-19-9-5-17(24)6-10-19/h1-12,21H,13-14,25H2,(H,26,27)/t21-/m0/s1. The highest BCUT2D eigenvalue weighted by atomic mass is 19.1. The van der Waals surface area contributed by atoms with Crippen LogP contribution in [0.4, 0.5) is 14.5 Å². The Labute approximate surface area is 167 Å². The molecule has 0 saturated carbocycles. The molecule has 0 saturated heterocycles. The molecule has 0 unspecified atom stereocenters. The molecule has 0 fully saturated rings. The maximum atomic E-state index is 12.9. The van der Waals surface area contributed by atoms with Gasteiger partial charge < -0.3 is 20.5 Å². The van der Waals surface area contributed by atoms with Crippen LogP contribution >= 0.6 is 0 Å². The topological polar surface area (TPSA) is 73.6 Å². The summed E-state index contributed by atoms with van der Waals surface area (Å²) in [5.74, 6) is -0.00587. The quantitative estimate of drug-likeness (QED) is 0.595. The second-order valence-corrected chi connectivity index (χ2v) is 6.32. The van der Waals surface area contributed by atoms with E-state index in [4.69, 9.17) is 15.2 Å². The van der Waals surface area contributed by atoms with Crippen molar-refractivity contribution in [1.29, 1.82) is 0 Å². The van der Waals surface area contributed by atoms with Gasteiger partial charge in [-0.05, 0) is 66.2 Å². The SMILES string of the molecule is N[C@@H](COCc1ccc(F)cc1)C(=O)Nc1ccc(Oc2ccc(F)cc2)cc1. The van der Waals surface area contributed by atoms with E-state index in [-0.39, 0.29) is 24.8 Å². The van der Waals surface area contributed by atoms with Gasteiger partial charge in [-0.15, -0.1) is 0 Å². The van der Waals surface area contributed by atoms with Crippen molar-refractivity contribution < 1.29 is 23.0 Å². The number of ether oxygens (including phenoxy) is 2. The number of halogens is 2. The Morgan fingerprint density at radius 3 is 1.97 bits per heavy atom. The zero-order valence-electron chi connectivity index (χ0n) is 15.5. The molecule has 0 bridgehead atoms. The lowest BCUT2D eigenvalue weighted by Gasteiger charge is -2.13. The normalized spacial score (nSPS) is 11.7. The molecule has 5 nitrogen and oxygen atoms in total. The first-order chi connectivity index (χ1) is 14.0. The van der Waals surface area contributed by atoms with Gasteiger partial charge in [-0.25, -0.2) is 8.78 Å². The molecule has 3 aromatic carbocycles. The zero-order chi connectivity index (χ0) is 20.6. The zero-order valence-corrected chi connectivity index (χ0v) is 15.5. The second kappa shape index (κ2) is 9.77. The van der Waals surface area contributed by atoms with Gasteiger partial charge in [0.15, 0.2) is 0 Å². The maximum Gasteiger partial charge on any atom is 0.243 e. The van der Waals surface area contributed by atoms with E-state index in [1.54, 1.807) is 36.4 Å². The Morgan fingerprint density at radius 1 is 0.862 bits per heavy atom. The smallest absolute Gasteiger partial charge is 0.243 e. The summed E-state index contributed by atoms with van der Waals surface area (Å²) in [5.41, 5.74) is 7.18. The third-order valence-corrected chi connectivity index (χ3v) is 3.99. The summed E-state index contributed by atoms with van der Waals surface area (Å²) < 4.78 is 36.8. The van der Waals surface area contributed by atoms with E-state index in [9.17, 15) is 13.6 Å². The van der Waals surface area contributed by atoms with Crippen LogP contribution in [0.15, 0.2) is 72.8 Å². The van der Waals surface area contributed by atoms with E-state index in [1.165, 1.54) is 36.4 Å². The number of benzene rings is 3. The molecule has 0 aliphatic heterocycles. The number of amides is 1. The fourth-order valence-electron chi connectivity index (χ4n) is 2.44. The molecule has 0 spiro atoms. The first kappa shape index (κ1) is 20.4. The third kappa shape index (κ3) is 6.38.